The molecule has 2 aliphatic rings. The monoisotopic (exact) mass is 352 g/mol. The van der Waals surface area contributed by atoms with Gasteiger partial charge in [0.25, 0.3) is 0 Å². The van der Waals surface area contributed by atoms with E-state index in [-0.39, 0.29) is 12.5 Å². The number of carbonyl (C=O) groups is 1. The van der Waals surface area contributed by atoms with E-state index in [1.165, 1.54) is 4.31 Å². The summed E-state index contributed by atoms with van der Waals surface area (Å²) < 4.78 is 32.7. The maximum absolute atomic E-state index is 13.1. The quantitative estimate of drug-likeness (QED) is 0.803. The third-order valence-corrected chi connectivity index (χ3v) is 7.04. The molecule has 0 aliphatic carbocycles. The Morgan fingerprint density at radius 3 is 2.88 bits per heavy atom. The second-order valence-corrected chi connectivity index (χ2v) is 8.48. The largest absolute Gasteiger partial charge is 0.384 e. The van der Waals surface area contributed by atoms with Gasteiger partial charge < -0.3 is 9.64 Å². The van der Waals surface area contributed by atoms with E-state index in [0.29, 0.717) is 32.5 Å². The topological polar surface area (TPSA) is 66.9 Å². The normalized spacial score (nSPS) is 21.0. The van der Waals surface area contributed by atoms with Crippen molar-refractivity contribution in [3.05, 3.63) is 29.8 Å². The van der Waals surface area contributed by atoms with Crippen LogP contribution in [0.25, 0.3) is 0 Å². The molecular weight excluding hydrogens is 328 g/mol. The zero-order valence-electron chi connectivity index (χ0n) is 14.0. The Morgan fingerprint density at radius 1 is 1.29 bits per heavy atom. The summed E-state index contributed by atoms with van der Waals surface area (Å²) in [5.41, 5.74) is 1.87. The molecule has 0 aromatic heterocycles. The molecule has 1 saturated heterocycles. The molecular formula is C17H24N2O4S. The summed E-state index contributed by atoms with van der Waals surface area (Å²) in [6.45, 7) is 1.77. The summed E-state index contributed by atoms with van der Waals surface area (Å²) in [5.74, 6) is -0.0291. The summed E-state index contributed by atoms with van der Waals surface area (Å²) in [6.07, 6.45) is 2.38. The van der Waals surface area contributed by atoms with Crippen molar-refractivity contribution in [3.63, 3.8) is 0 Å². The van der Waals surface area contributed by atoms with Gasteiger partial charge in [-0.1, -0.05) is 18.2 Å². The van der Waals surface area contributed by atoms with E-state index in [0.717, 1.165) is 24.1 Å². The predicted molar refractivity (Wildman–Crippen MR) is 92.5 cm³/mol. The van der Waals surface area contributed by atoms with E-state index in [4.69, 9.17) is 4.74 Å². The van der Waals surface area contributed by atoms with Gasteiger partial charge in [0.15, 0.2) is 0 Å². The fourth-order valence-electron chi connectivity index (χ4n) is 3.51. The number of carbonyl (C=O) groups excluding carboxylic acids is 1. The first kappa shape index (κ1) is 17.2. The molecule has 1 atom stereocenters. The van der Waals surface area contributed by atoms with Crippen LogP contribution < -0.4 is 4.31 Å². The number of piperidine rings is 1. The number of hydrogen-bond acceptors (Lipinski definition) is 4. The molecule has 2 aliphatic heterocycles. The van der Waals surface area contributed by atoms with Crippen molar-refractivity contribution in [2.24, 2.45) is 0 Å². The van der Waals surface area contributed by atoms with Crippen molar-refractivity contribution in [2.45, 2.75) is 30.9 Å². The molecule has 24 heavy (non-hydrogen) atoms. The molecule has 132 valence electrons. The number of amides is 1. The van der Waals surface area contributed by atoms with Crippen molar-refractivity contribution in [1.82, 2.24) is 4.90 Å². The smallest absolute Gasteiger partial charge is 0.239 e. The molecule has 0 radical (unpaired) electrons. The van der Waals surface area contributed by atoms with Crippen molar-refractivity contribution in [3.8, 4) is 0 Å². The van der Waals surface area contributed by atoms with Gasteiger partial charge in [0.05, 0.1) is 24.0 Å². The minimum absolute atomic E-state index is 0.0291. The Labute approximate surface area is 143 Å². The zero-order chi connectivity index (χ0) is 17.2. The van der Waals surface area contributed by atoms with Gasteiger partial charge in [0.1, 0.15) is 0 Å². The van der Waals surface area contributed by atoms with Gasteiger partial charge in [0.2, 0.25) is 15.9 Å². The van der Waals surface area contributed by atoms with Crippen molar-refractivity contribution in [2.75, 3.05) is 37.7 Å². The van der Waals surface area contributed by atoms with Crippen molar-refractivity contribution >= 4 is 21.6 Å². The molecule has 1 fully saturated rings. The molecule has 0 bridgehead atoms. The number of anilines is 1. The van der Waals surface area contributed by atoms with E-state index >= 15 is 0 Å². The Morgan fingerprint density at radius 2 is 2.08 bits per heavy atom. The second kappa shape index (κ2) is 7.11. The molecule has 3 rings (SSSR count). The highest BCUT2D eigenvalue weighted by Crippen LogP contribution is 2.33. The van der Waals surface area contributed by atoms with Crippen LogP contribution in [0.4, 0.5) is 5.69 Å². The van der Waals surface area contributed by atoms with Crippen LogP contribution in [-0.2, 0) is 26.0 Å². The van der Waals surface area contributed by atoms with Gasteiger partial charge in [-0.2, -0.15) is 0 Å². The van der Waals surface area contributed by atoms with E-state index in [9.17, 15) is 13.2 Å². The highest BCUT2D eigenvalue weighted by Gasteiger charge is 2.38. The second-order valence-electron chi connectivity index (χ2n) is 6.34. The first-order valence-corrected chi connectivity index (χ1v) is 9.90. The van der Waals surface area contributed by atoms with Gasteiger partial charge >= 0.3 is 0 Å². The Bertz CT molecular complexity index is 704. The summed E-state index contributed by atoms with van der Waals surface area (Å²) in [5, 5.41) is -0.524. The average Bonchev–Trinajstić information content (AvgIpc) is 3.04. The van der Waals surface area contributed by atoms with Crippen LogP contribution >= 0.6 is 0 Å². The van der Waals surface area contributed by atoms with Gasteiger partial charge in [-0.05, 0) is 30.9 Å². The van der Waals surface area contributed by atoms with E-state index in [2.05, 4.69) is 0 Å². The number of sulfonamides is 1. The van der Waals surface area contributed by atoms with E-state index in [1.54, 1.807) is 12.0 Å². The molecule has 0 saturated carbocycles. The Kier molecular flexibility index (Phi) is 5.10. The lowest BCUT2D eigenvalue weighted by Crippen LogP contribution is -2.49. The van der Waals surface area contributed by atoms with Gasteiger partial charge in [-0.15, -0.1) is 0 Å². The lowest BCUT2D eigenvalue weighted by molar-refractivity contribution is -0.132. The molecule has 6 nitrogen and oxygen atoms in total. The number of methoxy groups -OCH3 is 1. The molecule has 7 heteroatoms. The highest BCUT2D eigenvalue weighted by atomic mass is 32.2. The zero-order valence-corrected chi connectivity index (χ0v) is 14.8. The lowest BCUT2D eigenvalue weighted by atomic mass is 10.1. The number of likely N-dealkylation sites (tertiary alicyclic amines) is 1. The third-order valence-electron chi connectivity index (χ3n) is 4.82. The van der Waals surface area contributed by atoms with Gasteiger partial charge in [-0.3, -0.25) is 9.10 Å². The molecule has 1 amide bonds. The fourth-order valence-corrected chi connectivity index (χ4v) is 5.50. The Balaban J connectivity index is 1.74. The standard InChI is InChI=1S/C17H24N2O4S/c1-23-12-9-17(20)18-10-4-6-15(13-18)24(21,22)19-11-8-14-5-2-3-7-16(14)19/h2-3,5,7,15H,4,6,8-13H2,1H3/t15-/m0/s1. The lowest BCUT2D eigenvalue weighted by Gasteiger charge is -2.35. The van der Waals surface area contributed by atoms with E-state index in [1.807, 2.05) is 24.3 Å². The molecule has 1 aromatic carbocycles. The number of ether oxygens (including phenoxy) is 1. The van der Waals surface area contributed by atoms with Crippen LogP contribution in [-0.4, -0.2) is 57.8 Å². The maximum Gasteiger partial charge on any atom is 0.239 e. The molecule has 0 unspecified atom stereocenters. The van der Waals surface area contributed by atoms with Crippen LogP contribution in [0.2, 0.25) is 0 Å². The van der Waals surface area contributed by atoms with Crippen molar-refractivity contribution in [1.29, 1.82) is 0 Å². The SMILES string of the molecule is COCCC(=O)N1CCC[C@H](S(=O)(=O)N2CCc3ccccc32)C1. The molecule has 1 aromatic rings. The minimum atomic E-state index is -3.45. The number of nitrogens with zero attached hydrogens (tertiary/aromatic N) is 2. The average molecular weight is 352 g/mol. The summed E-state index contributed by atoms with van der Waals surface area (Å²) in [7, 11) is -1.90. The molecule has 0 N–H and O–H groups in total. The number of hydrogen-bond donors (Lipinski definition) is 0. The summed E-state index contributed by atoms with van der Waals surface area (Å²) in [6, 6.07) is 7.65. The van der Waals surface area contributed by atoms with Crippen LogP contribution in [0.1, 0.15) is 24.8 Å². The summed E-state index contributed by atoms with van der Waals surface area (Å²) in [4.78, 5) is 13.9. The number of benzene rings is 1. The number of para-hydroxylation sites is 1. The van der Waals surface area contributed by atoms with Gasteiger partial charge in [-0.25, -0.2) is 8.42 Å². The van der Waals surface area contributed by atoms with Gasteiger partial charge in [0, 0.05) is 26.7 Å². The first-order valence-electron chi connectivity index (χ1n) is 8.40. The summed E-state index contributed by atoms with van der Waals surface area (Å²) >= 11 is 0. The predicted octanol–water partition coefficient (Wildman–Crippen LogP) is 1.41. The highest BCUT2D eigenvalue weighted by molar-refractivity contribution is 7.93. The van der Waals surface area contributed by atoms with Crippen LogP contribution in [0, 0.1) is 0 Å². The van der Waals surface area contributed by atoms with Crippen LogP contribution in [0.5, 0.6) is 0 Å². The van der Waals surface area contributed by atoms with Crippen LogP contribution in [0.15, 0.2) is 24.3 Å². The number of fused-ring (bicyclic) bond motifs is 1. The molecule has 2 heterocycles. The van der Waals surface area contributed by atoms with Crippen molar-refractivity contribution < 1.29 is 17.9 Å². The first-order chi connectivity index (χ1) is 11.5. The number of rotatable bonds is 5. The minimum Gasteiger partial charge on any atom is -0.384 e. The fraction of sp³-hybridized carbons (Fsp3) is 0.588. The molecule has 0 spiro atoms. The van der Waals surface area contributed by atoms with E-state index < -0.39 is 15.3 Å². The van der Waals surface area contributed by atoms with Crippen LogP contribution in [0.3, 0.4) is 0 Å². The maximum atomic E-state index is 13.1. The third kappa shape index (κ3) is 3.28. The Hall–Kier alpha value is -1.60.